The van der Waals surface area contributed by atoms with Crippen molar-refractivity contribution in [2.24, 2.45) is 0 Å². The van der Waals surface area contributed by atoms with E-state index in [0.29, 0.717) is 5.59 Å². The molecular formula is C13H19BN2O4. The van der Waals surface area contributed by atoms with E-state index in [4.69, 9.17) is 19.8 Å². The Labute approximate surface area is 118 Å². The van der Waals surface area contributed by atoms with Crippen molar-refractivity contribution in [1.82, 2.24) is 4.98 Å². The first-order chi connectivity index (χ1) is 9.19. The molecule has 1 saturated heterocycles. The van der Waals surface area contributed by atoms with Gasteiger partial charge in [-0.25, -0.2) is 4.79 Å². The van der Waals surface area contributed by atoms with Crippen LogP contribution in [0.4, 0.5) is 5.69 Å². The zero-order valence-electron chi connectivity index (χ0n) is 12.4. The van der Waals surface area contributed by atoms with E-state index >= 15 is 0 Å². The van der Waals surface area contributed by atoms with Gasteiger partial charge in [0.2, 0.25) is 0 Å². The summed E-state index contributed by atoms with van der Waals surface area (Å²) in [5.74, 6) is -0.555. The van der Waals surface area contributed by atoms with Crippen molar-refractivity contribution in [1.29, 1.82) is 0 Å². The zero-order chi connectivity index (χ0) is 15.1. The first-order valence-corrected chi connectivity index (χ1v) is 6.38. The molecule has 1 fully saturated rings. The fraction of sp³-hybridized carbons (Fsp3) is 0.538. The van der Waals surface area contributed by atoms with Crippen LogP contribution in [0.2, 0.25) is 0 Å². The lowest BCUT2D eigenvalue weighted by Crippen LogP contribution is -2.41. The van der Waals surface area contributed by atoms with Gasteiger partial charge in [0.25, 0.3) is 0 Å². The average molecular weight is 278 g/mol. The van der Waals surface area contributed by atoms with Crippen LogP contribution in [0.1, 0.15) is 38.1 Å². The highest BCUT2D eigenvalue weighted by molar-refractivity contribution is 6.62. The van der Waals surface area contributed by atoms with Crippen molar-refractivity contribution < 1.29 is 18.8 Å². The minimum Gasteiger partial charge on any atom is -0.465 e. The highest BCUT2D eigenvalue weighted by Crippen LogP contribution is 2.36. The van der Waals surface area contributed by atoms with Crippen LogP contribution < -0.4 is 11.3 Å². The molecule has 2 heterocycles. The summed E-state index contributed by atoms with van der Waals surface area (Å²) in [6.07, 6.45) is 1.52. The number of aromatic nitrogens is 1. The number of methoxy groups -OCH3 is 1. The van der Waals surface area contributed by atoms with E-state index < -0.39 is 24.3 Å². The first-order valence-electron chi connectivity index (χ1n) is 6.38. The molecule has 0 bridgehead atoms. The van der Waals surface area contributed by atoms with Gasteiger partial charge in [0.1, 0.15) is 5.56 Å². The Bertz CT molecular complexity index is 529. The molecule has 7 heteroatoms. The number of esters is 1. The summed E-state index contributed by atoms with van der Waals surface area (Å²) in [6, 6.07) is 1.54. The van der Waals surface area contributed by atoms with Gasteiger partial charge in [-0.2, -0.15) is 0 Å². The number of hydrogen-bond acceptors (Lipinski definition) is 6. The van der Waals surface area contributed by atoms with Gasteiger partial charge in [-0.3, -0.25) is 4.98 Å². The van der Waals surface area contributed by atoms with Crippen LogP contribution >= 0.6 is 0 Å². The number of nitrogens with zero attached hydrogens (tertiary/aromatic N) is 1. The smallest absolute Gasteiger partial charge is 0.465 e. The second-order valence-electron chi connectivity index (χ2n) is 5.74. The molecule has 2 N–H and O–H groups in total. The molecule has 0 atom stereocenters. The van der Waals surface area contributed by atoms with Gasteiger partial charge in [-0.1, -0.05) is 0 Å². The van der Waals surface area contributed by atoms with Crippen LogP contribution in [0.5, 0.6) is 0 Å². The normalized spacial score (nSPS) is 19.9. The Morgan fingerprint density at radius 2 is 1.85 bits per heavy atom. The Hall–Kier alpha value is -1.60. The van der Waals surface area contributed by atoms with Crippen LogP contribution in [0.15, 0.2) is 12.3 Å². The largest absolute Gasteiger partial charge is 0.515 e. The maximum atomic E-state index is 11.9. The average Bonchev–Trinajstić information content (AvgIpc) is 2.57. The molecule has 0 radical (unpaired) electrons. The predicted octanol–water partition coefficient (Wildman–Crippen LogP) is 0.750. The molecule has 20 heavy (non-hydrogen) atoms. The van der Waals surface area contributed by atoms with Crippen molar-refractivity contribution in [2.75, 3.05) is 12.8 Å². The van der Waals surface area contributed by atoms with E-state index in [9.17, 15) is 4.79 Å². The second kappa shape index (κ2) is 4.75. The summed E-state index contributed by atoms with van der Waals surface area (Å²) < 4.78 is 16.5. The van der Waals surface area contributed by atoms with Crippen molar-refractivity contribution in [3.8, 4) is 0 Å². The SMILES string of the molecule is COC(=O)c1c(N)ccnc1B1OC(C)(C)C(C)(C)O1. The fourth-order valence-corrected chi connectivity index (χ4v) is 1.95. The molecular weight excluding hydrogens is 259 g/mol. The van der Waals surface area contributed by atoms with Crippen LogP contribution in [0.3, 0.4) is 0 Å². The predicted molar refractivity (Wildman–Crippen MR) is 75.7 cm³/mol. The van der Waals surface area contributed by atoms with Crippen LogP contribution in [0, 0.1) is 0 Å². The molecule has 1 aliphatic heterocycles. The van der Waals surface area contributed by atoms with Gasteiger partial charge < -0.3 is 19.8 Å². The number of anilines is 1. The Kier molecular flexibility index (Phi) is 3.52. The molecule has 0 amide bonds. The molecule has 1 aromatic heterocycles. The van der Waals surface area contributed by atoms with E-state index in [-0.39, 0.29) is 11.3 Å². The monoisotopic (exact) mass is 278 g/mol. The minimum absolute atomic E-state index is 0.188. The molecule has 2 rings (SSSR count). The molecule has 6 nitrogen and oxygen atoms in total. The fourth-order valence-electron chi connectivity index (χ4n) is 1.95. The Morgan fingerprint density at radius 3 is 2.35 bits per heavy atom. The summed E-state index contributed by atoms with van der Waals surface area (Å²) in [5, 5.41) is 0. The standard InChI is InChI=1S/C13H19BN2O4/c1-12(2)13(3,4)20-14(19-12)10-9(11(17)18-5)8(15)6-7-16-10/h6-7H,1-5H3,(H2,15,16). The number of carbonyl (C=O) groups excluding carboxylic acids is 1. The maximum absolute atomic E-state index is 11.9. The molecule has 1 aromatic rings. The Balaban J connectivity index is 2.46. The second-order valence-corrected chi connectivity index (χ2v) is 5.74. The van der Waals surface area contributed by atoms with Crippen molar-refractivity contribution >= 4 is 24.4 Å². The zero-order valence-corrected chi connectivity index (χ0v) is 12.4. The Morgan fingerprint density at radius 1 is 1.30 bits per heavy atom. The number of ether oxygens (including phenoxy) is 1. The lowest BCUT2D eigenvalue weighted by atomic mass is 9.80. The molecule has 0 spiro atoms. The number of nitrogens with two attached hydrogens (primary N) is 1. The summed E-state index contributed by atoms with van der Waals surface area (Å²) >= 11 is 0. The molecule has 0 aromatic carbocycles. The van der Waals surface area contributed by atoms with Gasteiger partial charge in [-0.05, 0) is 33.8 Å². The van der Waals surface area contributed by atoms with Gasteiger partial charge in [0.15, 0.2) is 0 Å². The lowest BCUT2D eigenvalue weighted by molar-refractivity contribution is 0.00578. The molecule has 0 aliphatic carbocycles. The molecule has 1 aliphatic rings. The van der Waals surface area contributed by atoms with Crippen LogP contribution in [-0.4, -0.2) is 36.4 Å². The highest BCUT2D eigenvalue weighted by atomic mass is 16.7. The quantitative estimate of drug-likeness (QED) is 0.635. The number of rotatable bonds is 2. The van der Waals surface area contributed by atoms with Crippen molar-refractivity contribution in [3.05, 3.63) is 17.8 Å². The van der Waals surface area contributed by atoms with E-state index in [1.165, 1.54) is 13.3 Å². The van der Waals surface area contributed by atoms with Crippen LogP contribution in [-0.2, 0) is 14.0 Å². The third-order valence-electron chi connectivity index (χ3n) is 3.88. The summed E-state index contributed by atoms with van der Waals surface area (Å²) in [6.45, 7) is 7.71. The van der Waals surface area contributed by atoms with Gasteiger partial charge >= 0.3 is 13.1 Å². The van der Waals surface area contributed by atoms with E-state index in [0.717, 1.165) is 0 Å². The maximum Gasteiger partial charge on any atom is 0.515 e. The third-order valence-corrected chi connectivity index (χ3v) is 3.88. The van der Waals surface area contributed by atoms with E-state index in [1.807, 2.05) is 27.7 Å². The van der Waals surface area contributed by atoms with Crippen molar-refractivity contribution in [2.45, 2.75) is 38.9 Å². The van der Waals surface area contributed by atoms with E-state index in [1.54, 1.807) is 6.07 Å². The minimum atomic E-state index is -0.752. The van der Waals surface area contributed by atoms with Gasteiger partial charge in [-0.15, -0.1) is 0 Å². The third kappa shape index (κ3) is 2.27. The molecule has 0 unspecified atom stereocenters. The number of pyridine rings is 1. The van der Waals surface area contributed by atoms with Gasteiger partial charge in [0.05, 0.1) is 23.9 Å². The lowest BCUT2D eigenvalue weighted by Gasteiger charge is -2.32. The topological polar surface area (TPSA) is 83.7 Å². The molecule has 108 valence electrons. The number of carbonyl (C=O) groups is 1. The van der Waals surface area contributed by atoms with Crippen LogP contribution in [0.25, 0.3) is 0 Å². The van der Waals surface area contributed by atoms with Gasteiger partial charge in [0, 0.05) is 11.9 Å². The molecule has 0 saturated carbocycles. The highest BCUT2D eigenvalue weighted by Gasteiger charge is 2.53. The van der Waals surface area contributed by atoms with E-state index in [2.05, 4.69) is 4.98 Å². The number of nitrogen functional groups attached to an aromatic ring is 1. The summed E-state index contributed by atoms with van der Waals surface area (Å²) in [4.78, 5) is 16.1. The summed E-state index contributed by atoms with van der Waals surface area (Å²) in [7, 11) is 0.542. The first kappa shape index (κ1) is 14.8. The number of hydrogen-bond donors (Lipinski definition) is 1. The summed E-state index contributed by atoms with van der Waals surface area (Å²) in [5.41, 5.74) is 5.64. The van der Waals surface area contributed by atoms with Crippen molar-refractivity contribution in [3.63, 3.8) is 0 Å².